The zero-order valence-corrected chi connectivity index (χ0v) is 17.6. The minimum Gasteiger partial charge on any atom is -0.341 e. The molecule has 0 atom stereocenters. The molecule has 0 unspecified atom stereocenters. The van der Waals surface area contributed by atoms with Crippen LogP contribution in [-0.4, -0.2) is 51.1 Å². The highest BCUT2D eigenvalue weighted by Crippen LogP contribution is 2.34. The van der Waals surface area contributed by atoms with Crippen LogP contribution in [0.1, 0.15) is 37.8 Å². The molecular formula is C22H25N3O3S. The van der Waals surface area contributed by atoms with E-state index in [1.54, 1.807) is 13.0 Å². The Morgan fingerprint density at radius 2 is 1.93 bits per heavy atom. The largest absolute Gasteiger partial charge is 0.341 e. The zero-order valence-electron chi connectivity index (χ0n) is 16.8. The maximum Gasteiger partial charge on any atom is 0.293 e. The number of likely N-dealkylation sites (N-methyl/N-ethyl adjacent to an activating group) is 1. The van der Waals surface area contributed by atoms with Gasteiger partial charge in [-0.05, 0) is 49.6 Å². The van der Waals surface area contributed by atoms with Crippen molar-refractivity contribution in [1.82, 2.24) is 14.4 Å². The molecule has 0 spiro atoms. The molecule has 1 aromatic carbocycles. The molecule has 3 heterocycles. The molecule has 0 radical (unpaired) electrons. The molecule has 1 aromatic heterocycles. The number of thioether (sulfide) groups is 1. The van der Waals surface area contributed by atoms with Gasteiger partial charge in [0.15, 0.2) is 0 Å². The average Bonchev–Trinajstić information content (AvgIpc) is 3.42. The van der Waals surface area contributed by atoms with Gasteiger partial charge in [-0.3, -0.25) is 19.3 Å². The number of fused-ring (bicyclic) bond motifs is 1. The number of carbonyl (C=O) groups excluding carboxylic acids is 3. The third kappa shape index (κ3) is 3.59. The second-order valence-corrected chi connectivity index (χ2v) is 8.39. The van der Waals surface area contributed by atoms with Crippen molar-refractivity contribution in [3.05, 3.63) is 40.4 Å². The van der Waals surface area contributed by atoms with E-state index in [9.17, 15) is 14.4 Å². The summed E-state index contributed by atoms with van der Waals surface area (Å²) in [6.07, 6.45) is 6.72. The van der Waals surface area contributed by atoms with Gasteiger partial charge in [-0.15, -0.1) is 0 Å². The predicted octanol–water partition coefficient (Wildman–Crippen LogP) is 3.88. The summed E-state index contributed by atoms with van der Waals surface area (Å²) in [5.41, 5.74) is 3.06. The highest BCUT2D eigenvalue weighted by atomic mass is 32.2. The zero-order chi connectivity index (χ0) is 20.5. The van der Waals surface area contributed by atoms with Gasteiger partial charge in [0.1, 0.15) is 6.54 Å². The van der Waals surface area contributed by atoms with Crippen LogP contribution in [0, 0.1) is 0 Å². The van der Waals surface area contributed by atoms with Gasteiger partial charge in [0.25, 0.3) is 11.1 Å². The van der Waals surface area contributed by atoms with Crippen molar-refractivity contribution in [3.63, 3.8) is 0 Å². The Hall–Kier alpha value is -2.54. The first-order chi connectivity index (χ1) is 14.0. The number of aryl methyl sites for hydroxylation is 1. The Morgan fingerprint density at radius 3 is 2.59 bits per heavy atom. The van der Waals surface area contributed by atoms with Crippen LogP contribution in [0.3, 0.4) is 0 Å². The van der Waals surface area contributed by atoms with Crippen molar-refractivity contribution >= 4 is 45.8 Å². The SMILES string of the molecule is CCc1cccc2c(/C=C3\SC(=O)N(CC)C3=O)cn(CC(=O)N3CCCC3)c12. The van der Waals surface area contributed by atoms with Gasteiger partial charge in [-0.1, -0.05) is 25.1 Å². The molecule has 2 fully saturated rings. The van der Waals surface area contributed by atoms with Crippen LogP contribution in [0.2, 0.25) is 0 Å². The summed E-state index contributed by atoms with van der Waals surface area (Å²) in [5, 5.41) is 0.771. The molecule has 2 saturated heterocycles. The van der Waals surface area contributed by atoms with Crippen LogP contribution in [0.15, 0.2) is 29.3 Å². The lowest BCUT2D eigenvalue weighted by Crippen LogP contribution is -2.30. The number of hydrogen-bond acceptors (Lipinski definition) is 4. The quantitative estimate of drug-likeness (QED) is 0.701. The smallest absolute Gasteiger partial charge is 0.293 e. The summed E-state index contributed by atoms with van der Waals surface area (Å²) in [4.78, 5) is 40.9. The van der Waals surface area contributed by atoms with Crippen LogP contribution < -0.4 is 0 Å². The molecule has 7 heteroatoms. The van der Waals surface area contributed by atoms with Crippen LogP contribution >= 0.6 is 11.8 Å². The Kier molecular flexibility index (Phi) is 5.50. The first-order valence-corrected chi connectivity index (χ1v) is 11.0. The molecule has 2 aliphatic rings. The Morgan fingerprint density at radius 1 is 1.17 bits per heavy atom. The lowest BCUT2D eigenvalue weighted by Gasteiger charge is -2.16. The first kappa shape index (κ1) is 19.8. The molecule has 0 N–H and O–H groups in total. The molecule has 152 valence electrons. The second-order valence-electron chi connectivity index (χ2n) is 7.39. The third-order valence-corrected chi connectivity index (χ3v) is 6.54. The fraction of sp³-hybridized carbons (Fsp3) is 0.409. The number of nitrogens with zero attached hydrogens (tertiary/aromatic N) is 3. The van der Waals surface area contributed by atoms with Crippen molar-refractivity contribution in [2.45, 2.75) is 39.7 Å². The molecule has 0 aliphatic carbocycles. The van der Waals surface area contributed by atoms with Crippen LogP contribution in [0.4, 0.5) is 4.79 Å². The first-order valence-electron chi connectivity index (χ1n) is 10.2. The highest BCUT2D eigenvalue weighted by Gasteiger charge is 2.34. The lowest BCUT2D eigenvalue weighted by molar-refractivity contribution is -0.130. The standard InChI is InChI=1S/C22H25N3O3S/c1-3-15-8-7-9-17-16(12-18-21(27)25(4-2)22(28)29-18)13-24(20(15)17)14-19(26)23-10-5-6-11-23/h7-9,12-13H,3-6,10-11,14H2,1-2H3/b18-12-. The van der Waals surface area contributed by atoms with Crippen molar-refractivity contribution in [2.75, 3.05) is 19.6 Å². The molecule has 0 bridgehead atoms. The van der Waals surface area contributed by atoms with E-state index >= 15 is 0 Å². The van der Waals surface area contributed by atoms with E-state index in [2.05, 4.69) is 13.0 Å². The van der Waals surface area contributed by atoms with E-state index in [-0.39, 0.29) is 23.6 Å². The van der Waals surface area contributed by atoms with E-state index in [1.807, 2.05) is 27.8 Å². The van der Waals surface area contributed by atoms with Crippen molar-refractivity contribution in [2.24, 2.45) is 0 Å². The second kappa shape index (κ2) is 8.06. The maximum atomic E-state index is 12.8. The minimum absolute atomic E-state index is 0.128. The summed E-state index contributed by atoms with van der Waals surface area (Å²) in [7, 11) is 0. The van der Waals surface area contributed by atoms with E-state index < -0.39 is 0 Å². The molecule has 29 heavy (non-hydrogen) atoms. The van der Waals surface area contributed by atoms with Crippen molar-refractivity contribution in [1.29, 1.82) is 0 Å². The van der Waals surface area contributed by atoms with Gasteiger partial charge in [-0.25, -0.2) is 0 Å². The molecule has 6 nitrogen and oxygen atoms in total. The van der Waals surface area contributed by atoms with Gasteiger partial charge in [0.2, 0.25) is 5.91 Å². The highest BCUT2D eigenvalue weighted by molar-refractivity contribution is 8.18. The number of aromatic nitrogens is 1. The molecular weight excluding hydrogens is 386 g/mol. The molecule has 4 rings (SSSR count). The van der Waals surface area contributed by atoms with E-state index in [0.717, 1.165) is 66.1 Å². The minimum atomic E-state index is -0.247. The average molecular weight is 412 g/mol. The maximum absolute atomic E-state index is 12.8. The Balaban J connectivity index is 1.75. The van der Waals surface area contributed by atoms with E-state index in [0.29, 0.717) is 11.4 Å². The Labute approximate surface area is 174 Å². The summed E-state index contributed by atoms with van der Waals surface area (Å²) in [6.45, 7) is 6.21. The summed E-state index contributed by atoms with van der Waals surface area (Å²) in [6, 6.07) is 6.10. The van der Waals surface area contributed by atoms with Crippen LogP contribution in [-0.2, 0) is 22.6 Å². The van der Waals surface area contributed by atoms with Gasteiger partial charge in [0, 0.05) is 36.8 Å². The fourth-order valence-electron chi connectivity index (χ4n) is 4.12. The number of rotatable bonds is 5. The normalized spacial score (nSPS) is 18.6. The van der Waals surface area contributed by atoms with Gasteiger partial charge < -0.3 is 9.47 Å². The lowest BCUT2D eigenvalue weighted by atomic mass is 10.1. The van der Waals surface area contributed by atoms with Gasteiger partial charge >= 0.3 is 0 Å². The monoisotopic (exact) mass is 411 g/mol. The number of likely N-dealkylation sites (tertiary alicyclic amines) is 1. The topological polar surface area (TPSA) is 62.6 Å². The van der Waals surface area contributed by atoms with Crippen LogP contribution in [0.25, 0.3) is 17.0 Å². The number of benzene rings is 1. The number of imide groups is 1. The number of hydrogen-bond donors (Lipinski definition) is 0. The third-order valence-electron chi connectivity index (χ3n) is 5.63. The van der Waals surface area contributed by atoms with Crippen LogP contribution in [0.5, 0.6) is 0 Å². The molecule has 0 saturated carbocycles. The molecule has 2 aliphatic heterocycles. The summed E-state index contributed by atoms with van der Waals surface area (Å²) in [5.74, 6) is -0.119. The van der Waals surface area contributed by atoms with Gasteiger partial charge in [-0.2, -0.15) is 0 Å². The molecule has 3 amide bonds. The van der Waals surface area contributed by atoms with Gasteiger partial charge in [0.05, 0.1) is 10.4 Å². The number of amides is 3. The summed E-state index contributed by atoms with van der Waals surface area (Å²) >= 11 is 0.977. The Bertz CT molecular complexity index is 1020. The number of carbonyl (C=O) groups is 3. The predicted molar refractivity (Wildman–Crippen MR) is 115 cm³/mol. The number of para-hydroxylation sites is 1. The summed E-state index contributed by atoms with van der Waals surface area (Å²) < 4.78 is 2.00. The van der Waals surface area contributed by atoms with Crippen molar-refractivity contribution in [3.8, 4) is 0 Å². The fourth-order valence-corrected chi connectivity index (χ4v) is 5.01. The van der Waals surface area contributed by atoms with E-state index in [4.69, 9.17) is 0 Å². The van der Waals surface area contributed by atoms with E-state index in [1.165, 1.54) is 4.90 Å². The molecule has 2 aromatic rings. The van der Waals surface area contributed by atoms with Crippen molar-refractivity contribution < 1.29 is 14.4 Å².